The largest absolute Gasteiger partial charge is 0.506 e. The highest BCUT2D eigenvalue weighted by Crippen LogP contribution is 2.29. The number of aromatic nitrogens is 8. The number of hydrogen-bond donors (Lipinski definition) is 4. The highest BCUT2D eigenvalue weighted by atomic mass is 35.5. The number of hydrogen-bond acceptors (Lipinski definition) is 13. The maximum atomic E-state index is 9.57. The van der Waals surface area contributed by atoms with Crippen molar-refractivity contribution in [1.82, 2.24) is 50.1 Å². The molecule has 0 bridgehead atoms. The van der Waals surface area contributed by atoms with E-state index in [9.17, 15) is 15.3 Å². The molecule has 1 aliphatic rings. The van der Waals surface area contributed by atoms with E-state index in [1.165, 1.54) is 34.2 Å². The molecule has 6 heterocycles. The van der Waals surface area contributed by atoms with Gasteiger partial charge in [0.2, 0.25) is 0 Å². The molecule has 1 unspecified atom stereocenters. The molecule has 4 N–H and O–H groups in total. The van der Waals surface area contributed by atoms with Crippen molar-refractivity contribution < 1.29 is 15.3 Å². The molecule has 12 rings (SSSR count). The van der Waals surface area contributed by atoms with Crippen molar-refractivity contribution in [2.75, 3.05) is 19.6 Å². The Morgan fingerprint density at radius 1 is 0.388 bits per heavy atom. The number of pyridine rings is 2. The summed E-state index contributed by atoms with van der Waals surface area (Å²) in [7, 11) is 0. The standard InChI is InChI=1S/2C28H28ClN3O.C26H31ClN4O/c29-25-19-22(13-14-27(25)33)9-4-12-28-31-17-15-26(32-28)24-11-3-8-21(18-24)6-1-2-7-23-10-5-16-30-20-23;29-25-20-23(11-12-27(25)33)8-4-10-28-31-18-15-26(32-28)24-9-3-7-22(19-24)6-2-1-5-21-13-16-30-17-14-21;1-2-31(22-11-13-28-17-22)18-20-6-3-7-21(15-20)24-12-14-29-26(30-24)8-4-5-19-9-10-25(32)23(27)16-19/h3,5,8,10-11,13-20,33H,1-2,4,6-7,9,12H2;3,7,9,11-20,33H,1-2,4-6,8,10H2;3,6-7,9-10,12,14-16,22,28,32H,2,4-5,8,11,13,17-18H2,1H3. The van der Waals surface area contributed by atoms with E-state index in [-0.39, 0.29) is 17.2 Å². The number of unbranched alkanes of at least 4 members (excludes halogenated alkanes) is 2. The smallest absolute Gasteiger partial charge is 0.134 e. The van der Waals surface area contributed by atoms with E-state index in [2.05, 4.69) is 133 Å². The van der Waals surface area contributed by atoms with Crippen LogP contribution in [0.15, 0.2) is 213 Å². The lowest BCUT2D eigenvalue weighted by Crippen LogP contribution is -2.36. The number of nitrogens with zero attached hydrogens (tertiary/aromatic N) is 9. The third-order valence-electron chi connectivity index (χ3n) is 17.6. The minimum Gasteiger partial charge on any atom is -0.506 e. The van der Waals surface area contributed by atoms with Gasteiger partial charge in [0.05, 0.1) is 32.1 Å². The third-order valence-corrected chi connectivity index (χ3v) is 18.5. The van der Waals surface area contributed by atoms with Crippen molar-refractivity contribution in [3.63, 3.8) is 0 Å². The zero-order valence-corrected chi connectivity index (χ0v) is 58.1. The Morgan fingerprint density at radius 3 is 1.19 bits per heavy atom. The Balaban J connectivity index is 0.000000159. The number of phenols is 3. The van der Waals surface area contributed by atoms with Crippen LogP contribution < -0.4 is 5.32 Å². The van der Waals surface area contributed by atoms with Crippen LogP contribution in [0.5, 0.6) is 17.2 Å². The molecule has 1 atom stereocenters. The second-order valence-electron chi connectivity index (χ2n) is 24.9. The molecule has 5 aromatic heterocycles. The van der Waals surface area contributed by atoms with Crippen LogP contribution in [0.3, 0.4) is 0 Å². The fraction of sp³-hybridized carbons (Fsp3) is 0.293. The van der Waals surface area contributed by atoms with Gasteiger partial charge >= 0.3 is 0 Å². The van der Waals surface area contributed by atoms with Crippen molar-refractivity contribution in [3.8, 4) is 51.0 Å². The Kier molecular flexibility index (Phi) is 28.0. The molecular weight excluding hydrogens is 1280 g/mol. The van der Waals surface area contributed by atoms with E-state index in [0.29, 0.717) is 21.1 Å². The number of halogens is 3. The molecule has 0 radical (unpaired) electrons. The lowest BCUT2D eigenvalue weighted by molar-refractivity contribution is 0.210. The van der Waals surface area contributed by atoms with Gasteiger partial charge in [-0.25, -0.2) is 29.9 Å². The van der Waals surface area contributed by atoms with Crippen LogP contribution in [0, 0.1) is 0 Å². The first-order valence-corrected chi connectivity index (χ1v) is 35.5. The van der Waals surface area contributed by atoms with Gasteiger partial charge in [-0.1, -0.05) is 121 Å². The van der Waals surface area contributed by atoms with Crippen LogP contribution in [-0.4, -0.2) is 85.8 Å². The van der Waals surface area contributed by atoms with E-state index in [1.807, 2.05) is 104 Å². The summed E-state index contributed by atoms with van der Waals surface area (Å²) >= 11 is 18.0. The number of aryl methyl sites for hydroxylation is 10. The number of benzene rings is 6. The highest BCUT2D eigenvalue weighted by molar-refractivity contribution is 6.32. The fourth-order valence-electron chi connectivity index (χ4n) is 12.2. The zero-order chi connectivity index (χ0) is 68.1. The van der Waals surface area contributed by atoms with Crippen LogP contribution in [0.4, 0.5) is 0 Å². The molecule has 6 aromatic carbocycles. The summed E-state index contributed by atoms with van der Waals surface area (Å²) in [5.74, 6) is 2.90. The van der Waals surface area contributed by atoms with Crippen LogP contribution >= 0.6 is 34.8 Å². The van der Waals surface area contributed by atoms with Crippen molar-refractivity contribution in [3.05, 3.63) is 290 Å². The Labute approximate surface area is 592 Å². The number of aromatic hydroxyl groups is 3. The predicted molar refractivity (Wildman–Crippen MR) is 397 cm³/mol. The van der Waals surface area contributed by atoms with Gasteiger partial charge in [0.15, 0.2) is 0 Å². The molecule has 0 amide bonds. The Bertz CT molecular complexity index is 4070. The molecule has 0 spiro atoms. The summed E-state index contributed by atoms with van der Waals surface area (Å²) < 4.78 is 0. The van der Waals surface area contributed by atoms with E-state index in [1.54, 1.807) is 18.2 Å². The lowest BCUT2D eigenvalue weighted by Gasteiger charge is -2.27. The Morgan fingerprint density at radius 2 is 0.786 bits per heavy atom. The molecular formula is C82H87Cl3N10O3. The molecule has 1 fully saturated rings. The molecule has 0 aliphatic carbocycles. The topological polar surface area (TPSA) is 179 Å². The van der Waals surface area contributed by atoms with E-state index in [4.69, 9.17) is 49.8 Å². The first-order valence-electron chi connectivity index (χ1n) is 34.4. The second kappa shape index (κ2) is 38.3. The summed E-state index contributed by atoms with van der Waals surface area (Å²) in [6, 6.07) is 57.0. The van der Waals surface area contributed by atoms with E-state index < -0.39 is 0 Å². The minimum atomic E-state index is 0.118. The second-order valence-corrected chi connectivity index (χ2v) is 26.2. The van der Waals surface area contributed by atoms with Gasteiger partial charge < -0.3 is 20.6 Å². The van der Waals surface area contributed by atoms with Crippen LogP contribution in [-0.2, 0) is 70.8 Å². The number of phenolic OH excluding ortho intramolecular Hbond substituents is 3. The maximum Gasteiger partial charge on any atom is 0.134 e. The van der Waals surface area contributed by atoms with Gasteiger partial charge in [-0.2, -0.15) is 0 Å². The molecule has 1 aliphatic heterocycles. The molecule has 98 heavy (non-hydrogen) atoms. The van der Waals surface area contributed by atoms with Crippen molar-refractivity contribution in [2.45, 2.75) is 135 Å². The van der Waals surface area contributed by atoms with Crippen molar-refractivity contribution in [1.29, 1.82) is 0 Å². The average molecular weight is 1370 g/mol. The lowest BCUT2D eigenvalue weighted by atomic mass is 10.0. The normalized spacial score (nSPS) is 12.6. The van der Waals surface area contributed by atoms with Gasteiger partial charge in [0, 0.05) is 98.5 Å². The molecule has 16 heteroatoms. The Hall–Kier alpha value is -8.95. The zero-order valence-electron chi connectivity index (χ0n) is 55.8. The van der Waals surface area contributed by atoms with E-state index >= 15 is 0 Å². The quantitative estimate of drug-likeness (QED) is 0.0326. The van der Waals surface area contributed by atoms with Gasteiger partial charge in [0.25, 0.3) is 0 Å². The van der Waals surface area contributed by atoms with E-state index in [0.717, 1.165) is 203 Å². The summed E-state index contributed by atoms with van der Waals surface area (Å²) in [5.41, 5.74) is 16.3. The molecule has 504 valence electrons. The van der Waals surface area contributed by atoms with Crippen LogP contribution in [0.2, 0.25) is 15.1 Å². The summed E-state index contributed by atoms with van der Waals surface area (Å²) in [5, 5.41) is 33.3. The molecule has 11 aromatic rings. The third kappa shape index (κ3) is 23.1. The molecule has 1 saturated heterocycles. The van der Waals surface area contributed by atoms with Crippen LogP contribution in [0.25, 0.3) is 33.8 Å². The minimum absolute atomic E-state index is 0.118. The summed E-state index contributed by atoms with van der Waals surface area (Å²) in [4.78, 5) is 38.6. The van der Waals surface area contributed by atoms with Crippen LogP contribution in [0.1, 0.15) is 120 Å². The monoisotopic (exact) mass is 1360 g/mol. The molecule has 13 nitrogen and oxygen atoms in total. The number of nitrogens with one attached hydrogen (secondary N) is 1. The average Bonchev–Trinajstić information content (AvgIpc) is 3.05. The highest BCUT2D eigenvalue weighted by Gasteiger charge is 2.21. The fourth-order valence-corrected chi connectivity index (χ4v) is 12.8. The first-order chi connectivity index (χ1) is 48.0. The first kappa shape index (κ1) is 71.8. The molecule has 0 saturated carbocycles. The van der Waals surface area contributed by atoms with Crippen molar-refractivity contribution in [2.24, 2.45) is 0 Å². The van der Waals surface area contributed by atoms with Crippen molar-refractivity contribution >= 4 is 34.8 Å². The van der Waals surface area contributed by atoms with Gasteiger partial charge in [0.1, 0.15) is 34.7 Å². The summed E-state index contributed by atoms with van der Waals surface area (Å²) in [6.45, 7) is 6.46. The van der Waals surface area contributed by atoms with Gasteiger partial charge in [-0.3, -0.25) is 14.9 Å². The van der Waals surface area contributed by atoms with Gasteiger partial charge in [-0.05, 0) is 245 Å². The SMILES string of the molecule is CCN(Cc1cccc(-c2ccnc(CCCc3ccc(O)c(Cl)c3)n2)c1)C1CCNC1.Oc1ccc(CCCc2nccc(-c3cccc(CCCCc4cccnc4)c3)n2)cc1Cl.Oc1ccc(CCCc2nccc(-c3cccc(CCCCc4ccncc4)c3)n2)cc1Cl. The number of likely N-dealkylation sites (N-methyl/N-ethyl adjacent to an activating group) is 1. The predicted octanol–water partition coefficient (Wildman–Crippen LogP) is 18.1. The van der Waals surface area contributed by atoms with Gasteiger partial charge in [-0.15, -0.1) is 0 Å². The number of rotatable bonds is 29. The maximum absolute atomic E-state index is 9.57. The summed E-state index contributed by atoms with van der Waals surface area (Å²) in [6.07, 6.45) is 30.9.